The van der Waals surface area contributed by atoms with E-state index in [1.54, 1.807) is 0 Å². The summed E-state index contributed by atoms with van der Waals surface area (Å²) in [5.41, 5.74) is 7.89. The van der Waals surface area contributed by atoms with E-state index in [2.05, 4.69) is 73.0 Å². The second-order valence-electron chi connectivity index (χ2n) is 7.23. The van der Waals surface area contributed by atoms with Gasteiger partial charge in [-0.3, -0.25) is 10.4 Å². The summed E-state index contributed by atoms with van der Waals surface area (Å²) in [5, 5.41) is 7.99. The third-order valence-corrected chi connectivity index (χ3v) is 6.41. The van der Waals surface area contributed by atoms with Crippen molar-refractivity contribution in [2.45, 2.75) is 53.0 Å². The van der Waals surface area contributed by atoms with Gasteiger partial charge in [-0.05, 0) is 66.7 Å². The highest BCUT2D eigenvalue weighted by Gasteiger charge is 2.25. The molecule has 0 saturated heterocycles. The highest BCUT2D eigenvalue weighted by Crippen LogP contribution is 2.38. The first kappa shape index (κ1) is 19.6. The number of halogens is 2. The lowest BCUT2D eigenvalue weighted by molar-refractivity contribution is 0.436. The number of nitrogens with zero attached hydrogens (tertiary/aromatic N) is 5. The fourth-order valence-electron chi connectivity index (χ4n) is 3.98. The molecule has 0 radical (unpaired) electrons. The van der Waals surface area contributed by atoms with E-state index in [1.807, 2.05) is 13.8 Å². The lowest BCUT2D eigenvalue weighted by Gasteiger charge is -2.23. The standard InChI is InChI=1S/C20H24Br2N6/c1-5-15(6-2)28-20-17(11(3)25-28)19(23-12(4)24-20)26-27-8-7-13-9-14(21)10-16(22)18(13)27/h9-10,15H,5-8H2,1-4H3,(H,23,24,26). The van der Waals surface area contributed by atoms with Gasteiger partial charge in [0.2, 0.25) is 0 Å². The van der Waals surface area contributed by atoms with Gasteiger partial charge < -0.3 is 0 Å². The number of benzene rings is 1. The van der Waals surface area contributed by atoms with Gasteiger partial charge in [0.1, 0.15) is 5.82 Å². The van der Waals surface area contributed by atoms with Crippen LogP contribution in [0.15, 0.2) is 21.1 Å². The molecule has 0 spiro atoms. The Bertz CT molecular complexity index is 1040. The van der Waals surface area contributed by atoms with E-state index in [0.717, 1.165) is 68.8 Å². The summed E-state index contributed by atoms with van der Waals surface area (Å²) >= 11 is 7.29. The summed E-state index contributed by atoms with van der Waals surface area (Å²) < 4.78 is 4.23. The molecule has 0 aliphatic carbocycles. The van der Waals surface area contributed by atoms with Crippen molar-refractivity contribution in [3.8, 4) is 0 Å². The van der Waals surface area contributed by atoms with Gasteiger partial charge >= 0.3 is 0 Å². The van der Waals surface area contributed by atoms with Gasteiger partial charge in [0, 0.05) is 15.5 Å². The van der Waals surface area contributed by atoms with E-state index in [-0.39, 0.29) is 0 Å². The predicted octanol–water partition coefficient (Wildman–Crippen LogP) is 5.72. The van der Waals surface area contributed by atoms with Crippen molar-refractivity contribution in [3.63, 3.8) is 0 Å². The van der Waals surface area contributed by atoms with Crippen LogP contribution in [-0.2, 0) is 6.42 Å². The maximum absolute atomic E-state index is 4.82. The van der Waals surface area contributed by atoms with E-state index < -0.39 is 0 Å². The van der Waals surface area contributed by atoms with E-state index >= 15 is 0 Å². The molecule has 4 rings (SSSR count). The number of hydrazine groups is 1. The van der Waals surface area contributed by atoms with Crippen LogP contribution in [-0.4, -0.2) is 26.3 Å². The second-order valence-corrected chi connectivity index (χ2v) is 9.00. The summed E-state index contributed by atoms with van der Waals surface area (Å²) in [6.45, 7) is 9.25. The minimum absolute atomic E-state index is 0.345. The van der Waals surface area contributed by atoms with Crippen LogP contribution in [0, 0.1) is 13.8 Å². The van der Waals surface area contributed by atoms with E-state index in [1.165, 1.54) is 5.56 Å². The number of anilines is 2. The van der Waals surface area contributed by atoms with Crippen molar-refractivity contribution < 1.29 is 0 Å². The monoisotopic (exact) mass is 506 g/mol. The fraction of sp³-hybridized carbons (Fsp3) is 0.450. The van der Waals surface area contributed by atoms with Gasteiger partial charge in [-0.2, -0.15) is 5.10 Å². The quantitative estimate of drug-likeness (QED) is 0.478. The van der Waals surface area contributed by atoms with Gasteiger partial charge in [0.15, 0.2) is 11.5 Å². The summed E-state index contributed by atoms with van der Waals surface area (Å²) in [6.07, 6.45) is 3.04. The number of fused-ring (bicyclic) bond motifs is 2. The molecular formula is C20H24Br2N6. The normalized spacial score (nSPS) is 13.6. The Morgan fingerprint density at radius 1 is 1.14 bits per heavy atom. The zero-order chi connectivity index (χ0) is 20.0. The van der Waals surface area contributed by atoms with Crippen LogP contribution >= 0.6 is 31.9 Å². The van der Waals surface area contributed by atoms with Crippen molar-refractivity contribution in [3.05, 3.63) is 38.2 Å². The van der Waals surface area contributed by atoms with Crippen molar-refractivity contribution in [2.75, 3.05) is 17.0 Å². The van der Waals surface area contributed by atoms with Crippen LogP contribution < -0.4 is 10.4 Å². The number of nitrogens with one attached hydrogen (secondary N) is 1. The average molecular weight is 508 g/mol. The minimum Gasteiger partial charge on any atom is -0.285 e. The number of hydrogen-bond donors (Lipinski definition) is 1. The first-order chi connectivity index (χ1) is 13.4. The largest absolute Gasteiger partial charge is 0.285 e. The van der Waals surface area contributed by atoms with Crippen molar-refractivity contribution in [1.29, 1.82) is 0 Å². The third kappa shape index (κ3) is 3.30. The highest BCUT2D eigenvalue weighted by molar-refractivity contribution is 9.11. The Kier molecular flexibility index (Phi) is 5.35. The smallest absolute Gasteiger partial charge is 0.164 e. The minimum atomic E-state index is 0.345. The Labute approximate surface area is 182 Å². The average Bonchev–Trinajstić information content (AvgIpc) is 3.18. The van der Waals surface area contributed by atoms with Gasteiger partial charge in [-0.25, -0.2) is 14.6 Å². The molecule has 1 N–H and O–H groups in total. The Morgan fingerprint density at radius 3 is 2.61 bits per heavy atom. The summed E-state index contributed by atoms with van der Waals surface area (Å²) in [5.74, 6) is 1.57. The van der Waals surface area contributed by atoms with Crippen LogP contribution in [0.5, 0.6) is 0 Å². The third-order valence-electron chi connectivity index (χ3n) is 5.35. The molecule has 0 bridgehead atoms. The summed E-state index contributed by atoms with van der Waals surface area (Å²) in [6, 6.07) is 4.60. The number of aryl methyl sites for hydroxylation is 2. The zero-order valence-electron chi connectivity index (χ0n) is 16.6. The molecule has 28 heavy (non-hydrogen) atoms. The summed E-state index contributed by atoms with van der Waals surface area (Å²) in [4.78, 5) is 9.47. The van der Waals surface area contributed by atoms with Crippen LogP contribution in [0.3, 0.4) is 0 Å². The van der Waals surface area contributed by atoms with Crippen molar-refractivity contribution in [2.24, 2.45) is 0 Å². The molecule has 6 nitrogen and oxygen atoms in total. The van der Waals surface area contributed by atoms with Gasteiger partial charge in [-0.1, -0.05) is 29.8 Å². The molecule has 0 amide bonds. The lowest BCUT2D eigenvalue weighted by Crippen LogP contribution is -2.28. The lowest BCUT2D eigenvalue weighted by atomic mass is 10.2. The second kappa shape index (κ2) is 7.63. The van der Waals surface area contributed by atoms with Crippen LogP contribution in [0.4, 0.5) is 11.5 Å². The molecule has 3 aromatic rings. The van der Waals surface area contributed by atoms with E-state index in [4.69, 9.17) is 15.1 Å². The molecule has 1 aliphatic heterocycles. The number of aromatic nitrogens is 4. The Hall–Kier alpha value is -1.67. The van der Waals surface area contributed by atoms with Crippen LogP contribution in [0.25, 0.3) is 11.0 Å². The van der Waals surface area contributed by atoms with Gasteiger partial charge in [0.05, 0.1) is 22.8 Å². The topological polar surface area (TPSA) is 58.9 Å². The highest BCUT2D eigenvalue weighted by atomic mass is 79.9. The molecule has 1 aromatic carbocycles. The Morgan fingerprint density at radius 2 is 1.89 bits per heavy atom. The molecule has 8 heteroatoms. The maximum atomic E-state index is 4.82. The number of hydrogen-bond acceptors (Lipinski definition) is 5. The molecule has 0 atom stereocenters. The van der Waals surface area contributed by atoms with Crippen molar-refractivity contribution in [1.82, 2.24) is 19.7 Å². The zero-order valence-corrected chi connectivity index (χ0v) is 19.7. The molecule has 1 aliphatic rings. The first-order valence-electron chi connectivity index (χ1n) is 9.68. The van der Waals surface area contributed by atoms with E-state index in [0.29, 0.717) is 6.04 Å². The van der Waals surface area contributed by atoms with Crippen LogP contribution in [0.1, 0.15) is 49.8 Å². The van der Waals surface area contributed by atoms with Crippen molar-refractivity contribution >= 4 is 54.4 Å². The van der Waals surface area contributed by atoms with Gasteiger partial charge in [0.25, 0.3) is 0 Å². The molecule has 148 valence electrons. The fourth-order valence-corrected chi connectivity index (χ4v) is 5.51. The molecular weight excluding hydrogens is 484 g/mol. The SMILES string of the molecule is CCC(CC)n1nc(C)c2c(NN3CCc4cc(Br)cc(Br)c43)nc(C)nc21. The molecule has 0 saturated carbocycles. The first-order valence-corrected chi connectivity index (χ1v) is 11.3. The number of rotatable bonds is 5. The van der Waals surface area contributed by atoms with Gasteiger partial charge in [-0.15, -0.1) is 0 Å². The summed E-state index contributed by atoms with van der Waals surface area (Å²) in [7, 11) is 0. The van der Waals surface area contributed by atoms with Crippen LogP contribution in [0.2, 0.25) is 0 Å². The maximum Gasteiger partial charge on any atom is 0.164 e. The molecule has 0 unspecified atom stereocenters. The van der Waals surface area contributed by atoms with E-state index in [9.17, 15) is 0 Å². The molecule has 2 aromatic heterocycles. The molecule has 0 fully saturated rings. The predicted molar refractivity (Wildman–Crippen MR) is 121 cm³/mol. The Balaban J connectivity index is 1.79. The molecule has 3 heterocycles.